The van der Waals surface area contributed by atoms with Gasteiger partial charge in [0.2, 0.25) is 0 Å². The molecule has 0 radical (unpaired) electrons. The van der Waals surface area contributed by atoms with E-state index in [2.05, 4.69) is 5.32 Å². The lowest BCUT2D eigenvalue weighted by atomic mass is 10.00. The predicted molar refractivity (Wildman–Crippen MR) is 57.7 cm³/mol. The number of carbonyl (C=O) groups is 1. The molecule has 0 spiro atoms. The van der Waals surface area contributed by atoms with E-state index in [4.69, 9.17) is 5.11 Å². The third kappa shape index (κ3) is 2.07. The zero-order chi connectivity index (χ0) is 11.7. The molecule has 2 unspecified atom stereocenters. The maximum atomic E-state index is 13.1. The lowest BCUT2D eigenvalue weighted by Gasteiger charge is -2.15. The fourth-order valence-electron chi connectivity index (χ4n) is 2.17. The number of rotatable bonds is 2. The molecule has 0 saturated carbocycles. The topological polar surface area (TPSA) is 49.3 Å². The average molecular weight is 223 g/mol. The molecule has 1 saturated heterocycles. The first-order chi connectivity index (χ1) is 7.58. The quantitative estimate of drug-likeness (QED) is 0.806. The van der Waals surface area contributed by atoms with Crippen LogP contribution < -0.4 is 5.32 Å². The van der Waals surface area contributed by atoms with Gasteiger partial charge in [-0.1, -0.05) is 6.07 Å². The molecule has 3 nitrogen and oxygen atoms in total. The Morgan fingerprint density at radius 3 is 2.88 bits per heavy atom. The second-order valence-electron chi connectivity index (χ2n) is 4.19. The first-order valence-electron chi connectivity index (χ1n) is 5.33. The van der Waals surface area contributed by atoms with Crippen LogP contribution in [0.2, 0.25) is 0 Å². The Labute approximate surface area is 93.3 Å². The second-order valence-corrected chi connectivity index (χ2v) is 4.19. The van der Waals surface area contributed by atoms with Crippen molar-refractivity contribution in [3.8, 4) is 0 Å². The fraction of sp³-hybridized carbons (Fsp3) is 0.417. The highest BCUT2D eigenvalue weighted by molar-refractivity contribution is 5.74. The Bertz CT molecular complexity index is 419. The molecule has 4 heteroatoms. The molecule has 1 aromatic carbocycles. The van der Waals surface area contributed by atoms with E-state index in [0.717, 1.165) is 17.5 Å². The van der Waals surface area contributed by atoms with Gasteiger partial charge in [-0.15, -0.1) is 0 Å². The zero-order valence-corrected chi connectivity index (χ0v) is 9.03. The average Bonchev–Trinajstić information content (AvgIpc) is 2.70. The Morgan fingerprint density at radius 2 is 2.25 bits per heavy atom. The molecule has 1 aliphatic rings. The summed E-state index contributed by atoms with van der Waals surface area (Å²) in [7, 11) is 0. The number of nitrogens with one attached hydrogen (secondary N) is 1. The van der Waals surface area contributed by atoms with Gasteiger partial charge < -0.3 is 5.11 Å². The predicted octanol–water partition coefficient (Wildman–Crippen LogP) is 2.01. The molecule has 2 N–H and O–H groups in total. The molecular formula is C12H14FNO2. The van der Waals surface area contributed by atoms with Crippen molar-refractivity contribution in [3.05, 3.63) is 35.1 Å². The summed E-state index contributed by atoms with van der Waals surface area (Å²) in [6.07, 6.45) is 1.33. The SMILES string of the molecule is Cc1ccc(F)cc1C1CCC(C(=O)O)N1. The van der Waals surface area contributed by atoms with E-state index in [1.54, 1.807) is 6.07 Å². The molecule has 0 aliphatic carbocycles. The van der Waals surface area contributed by atoms with E-state index in [9.17, 15) is 9.18 Å². The van der Waals surface area contributed by atoms with Crippen LogP contribution >= 0.6 is 0 Å². The number of carboxylic acid groups (broad SMARTS) is 1. The molecule has 1 heterocycles. The van der Waals surface area contributed by atoms with E-state index >= 15 is 0 Å². The summed E-state index contributed by atoms with van der Waals surface area (Å²) in [5.41, 5.74) is 1.86. The molecule has 0 bridgehead atoms. The van der Waals surface area contributed by atoms with Gasteiger partial charge in [0.15, 0.2) is 0 Å². The lowest BCUT2D eigenvalue weighted by Crippen LogP contribution is -2.32. The molecule has 1 aliphatic heterocycles. The first-order valence-corrected chi connectivity index (χ1v) is 5.33. The summed E-state index contributed by atoms with van der Waals surface area (Å²) >= 11 is 0. The highest BCUT2D eigenvalue weighted by atomic mass is 19.1. The van der Waals surface area contributed by atoms with Crippen molar-refractivity contribution in [2.24, 2.45) is 0 Å². The van der Waals surface area contributed by atoms with E-state index < -0.39 is 12.0 Å². The number of aryl methyl sites for hydroxylation is 1. The van der Waals surface area contributed by atoms with Gasteiger partial charge in [-0.3, -0.25) is 10.1 Å². The number of hydrogen-bond acceptors (Lipinski definition) is 2. The Balaban J connectivity index is 2.20. The van der Waals surface area contributed by atoms with E-state index in [-0.39, 0.29) is 11.9 Å². The van der Waals surface area contributed by atoms with Gasteiger partial charge in [-0.25, -0.2) is 4.39 Å². The van der Waals surface area contributed by atoms with Crippen molar-refractivity contribution < 1.29 is 14.3 Å². The smallest absolute Gasteiger partial charge is 0.320 e. The van der Waals surface area contributed by atoms with E-state index in [1.165, 1.54) is 12.1 Å². The Kier molecular flexibility index (Phi) is 2.92. The lowest BCUT2D eigenvalue weighted by molar-refractivity contribution is -0.139. The summed E-state index contributed by atoms with van der Waals surface area (Å²) in [6.45, 7) is 1.91. The van der Waals surface area contributed by atoms with Gasteiger partial charge in [0.25, 0.3) is 0 Å². The van der Waals surface area contributed by atoms with Crippen molar-refractivity contribution in [2.75, 3.05) is 0 Å². The minimum absolute atomic E-state index is 0.0446. The number of hydrogen-bond donors (Lipinski definition) is 2. The fourth-order valence-corrected chi connectivity index (χ4v) is 2.17. The number of benzene rings is 1. The van der Waals surface area contributed by atoms with Crippen molar-refractivity contribution in [2.45, 2.75) is 31.8 Å². The monoisotopic (exact) mass is 223 g/mol. The maximum Gasteiger partial charge on any atom is 0.320 e. The van der Waals surface area contributed by atoms with Gasteiger partial charge in [0.1, 0.15) is 11.9 Å². The van der Waals surface area contributed by atoms with Crippen molar-refractivity contribution in [1.29, 1.82) is 0 Å². The number of carboxylic acids is 1. The Morgan fingerprint density at radius 1 is 1.50 bits per heavy atom. The van der Waals surface area contributed by atoms with Crippen LogP contribution in [0.1, 0.15) is 30.0 Å². The molecule has 1 fully saturated rings. The molecule has 86 valence electrons. The van der Waals surface area contributed by atoms with Crippen LogP contribution in [0.5, 0.6) is 0 Å². The zero-order valence-electron chi connectivity index (χ0n) is 9.03. The first kappa shape index (κ1) is 11.1. The van der Waals surface area contributed by atoms with Crippen LogP contribution in [0.3, 0.4) is 0 Å². The van der Waals surface area contributed by atoms with Gasteiger partial charge >= 0.3 is 5.97 Å². The standard InChI is InChI=1S/C12H14FNO2/c1-7-2-3-8(13)6-9(7)10-4-5-11(14-10)12(15)16/h2-3,6,10-11,14H,4-5H2,1H3,(H,15,16). The largest absolute Gasteiger partial charge is 0.480 e. The van der Waals surface area contributed by atoms with Crippen LogP contribution in [-0.4, -0.2) is 17.1 Å². The summed E-state index contributed by atoms with van der Waals surface area (Å²) in [5.74, 6) is -1.11. The normalized spacial score (nSPS) is 24.6. The third-order valence-electron chi connectivity index (χ3n) is 3.06. The molecule has 0 amide bonds. The minimum Gasteiger partial charge on any atom is -0.480 e. The summed E-state index contributed by atoms with van der Waals surface area (Å²) in [6, 6.07) is 4.07. The minimum atomic E-state index is -0.837. The van der Waals surface area contributed by atoms with Crippen molar-refractivity contribution >= 4 is 5.97 Å². The number of halogens is 1. The molecular weight excluding hydrogens is 209 g/mol. The number of aliphatic carboxylic acids is 1. The molecule has 1 aromatic rings. The highest BCUT2D eigenvalue weighted by Crippen LogP contribution is 2.29. The van der Waals surface area contributed by atoms with E-state index in [1.807, 2.05) is 6.92 Å². The van der Waals surface area contributed by atoms with Crippen LogP contribution in [-0.2, 0) is 4.79 Å². The molecule has 16 heavy (non-hydrogen) atoms. The van der Waals surface area contributed by atoms with Crippen molar-refractivity contribution in [1.82, 2.24) is 5.32 Å². The van der Waals surface area contributed by atoms with Gasteiger partial charge in [0.05, 0.1) is 0 Å². The van der Waals surface area contributed by atoms with Crippen LogP contribution in [0.25, 0.3) is 0 Å². The highest BCUT2D eigenvalue weighted by Gasteiger charge is 2.30. The van der Waals surface area contributed by atoms with Crippen LogP contribution in [0.15, 0.2) is 18.2 Å². The Hall–Kier alpha value is -1.42. The molecule has 2 rings (SSSR count). The van der Waals surface area contributed by atoms with Gasteiger partial charge in [-0.05, 0) is 43.0 Å². The van der Waals surface area contributed by atoms with E-state index in [0.29, 0.717) is 6.42 Å². The summed E-state index contributed by atoms with van der Waals surface area (Å²) < 4.78 is 13.1. The molecule has 0 aromatic heterocycles. The van der Waals surface area contributed by atoms with Crippen LogP contribution in [0, 0.1) is 12.7 Å². The third-order valence-corrected chi connectivity index (χ3v) is 3.06. The molecule has 2 atom stereocenters. The van der Waals surface area contributed by atoms with Crippen molar-refractivity contribution in [3.63, 3.8) is 0 Å². The summed E-state index contributed by atoms with van der Waals surface area (Å²) in [5, 5.41) is 11.9. The maximum absolute atomic E-state index is 13.1. The van der Waals surface area contributed by atoms with Gasteiger partial charge in [-0.2, -0.15) is 0 Å². The van der Waals surface area contributed by atoms with Crippen LogP contribution in [0.4, 0.5) is 4.39 Å². The summed E-state index contributed by atoms with van der Waals surface area (Å²) in [4.78, 5) is 10.8. The van der Waals surface area contributed by atoms with Gasteiger partial charge in [0, 0.05) is 6.04 Å². The second kappa shape index (κ2) is 4.22.